The van der Waals surface area contributed by atoms with Crippen LogP contribution < -0.4 is 5.32 Å². The van der Waals surface area contributed by atoms with E-state index in [9.17, 15) is 0 Å². The first-order valence-electron chi connectivity index (χ1n) is 7.69. The zero-order valence-corrected chi connectivity index (χ0v) is 15.6. The summed E-state index contributed by atoms with van der Waals surface area (Å²) in [5, 5.41) is 3.43. The number of anilines is 1. The van der Waals surface area contributed by atoms with Crippen LogP contribution in [0, 0.1) is 10.5 Å². The largest absolute Gasteiger partial charge is 0.369 e. The Kier molecular flexibility index (Phi) is 6.19. The molecule has 1 unspecified atom stereocenters. The van der Waals surface area contributed by atoms with Crippen LogP contribution in [0.2, 0.25) is 0 Å². The Bertz CT molecular complexity index is 479. The average Bonchev–Trinajstić information content (AvgIpc) is 2.62. The quantitative estimate of drug-likeness (QED) is 0.783. The Morgan fingerprint density at radius 1 is 1.29 bits per heavy atom. The molecule has 6 heteroatoms. The molecule has 21 heavy (non-hydrogen) atoms. The number of hydrogen-bond acceptors (Lipinski definition) is 5. The highest BCUT2D eigenvalue weighted by Gasteiger charge is 2.25. The van der Waals surface area contributed by atoms with Crippen molar-refractivity contribution in [1.29, 1.82) is 0 Å². The van der Waals surface area contributed by atoms with E-state index in [0.717, 1.165) is 53.5 Å². The van der Waals surface area contributed by atoms with Gasteiger partial charge < -0.3 is 10.2 Å². The van der Waals surface area contributed by atoms with E-state index in [1.807, 2.05) is 0 Å². The maximum absolute atomic E-state index is 4.82. The van der Waals surface area contributed by atoms with Crippen LogP contribution in [0.15, 0.2) is 0 Å². The van der Waals surface area contributed by atoms with Gasteiger partial charge in [0.05, 0.1) is 15.3 Å². The minimum atomic E-state index is 0.273. The minimum Gasteiger partial charge on any atom is -0.369 e. The van der Waals surface area contributed by atoms with Crippen molar-refractivity contribution in [2.24, 2.45) is 0 Å². The van der Waals surface area contributed by atoms with E-state index in [2.05, 4.69) is 65.7 Å². The molecule has 0 amide bonds. The average molecular weight is 403 g/mol. The van der Waals surface area contributed by atoms with Crippen LogP contribution in [0.4, 0.5) is 5.82 Å². The van der Waals surface area contributed by atoms with Crippen LogP contribution in [0.25, 0.3) is 0 Å². The van der Waals surface area contributed by atoms with Gasteiger partial charge >= 0.3 is 0 Å². The summed E-state index contributed by atoms with van der Waals surface area (Å²) in [6.45, 7) is 8.43. The summed E-state index contributed by atoms with van der Waals surface area (Å²) in [6, 6.07) is 0.273. The second-order valence-corrected chi connectivity index (χ2v) is 6.95. The standard InChI is InChI=1S/C15H26IN5/c1-5-7-17-15-13(16)11(2)18-14(19-15)12-10-20(3)8-6-9-21(12)4/h12H,5-10H2,1-4H3,(H,17,18,19). The van der Waals surface area contributed by atoms with Gasteiger partial charge in [-0.25, -0.2) is 9.97 Å². The number of nitrogens with zero attached hydrogens (tertiary/aromatic N) is 4. The van der Waals surface area contributed by atoms with Gasteiger partial charge in [-0.05, 0) is 69.5 Å². The molecule has 1 aliphatic heterocycles. The molecule has 0 saturated carbocycles. The summed E-state index contributed by atoms with van der Waals surface area (Å²) >= 11 is 2.34. The molecule has 1 saturated heterocycles. The minimum absolute atomic E-state index is 0.273. The van der Waals surface area contributed by atoms with E-state index in [1.165, 1.54) is 6.42 Å². The first kappa shape index (κ1) is 16.9. The third-order valence-electron chi connectivity index (χ3n) is 3.94. The maximum atomic E-state index is 4.82. The summed E-state index contributed by atoms with van der Waals surface area (Å²) in [4.78, 5) is 14.4. The summed E-state index contributed by atoms with van der Waals surface area (Å²) in [5.74, 6) is 1.93. The molecule has 118 valence electrons. The fraction of sp³-hybridized carbons (Fsp3) is 0.733. The predicted molar refractivity (Wildman–Crippen MR) is 95.8 cm³/mol. The SMILES string of the molecule is CCCNc1nc(C2CN(C)CCCN2C)nc(C)c1I. The molecule has 5 nitrogen and oxygen atoms in total. The van der Waals surface area contributed by atoms with Crippen molar-refractivity contribution in [1.82, 2.24) is 19.8 Å². The van der Waals surface area contributed by atoms with Gasteiger partial charge in [-0.2, -0.15) is 0 Å². The van der Waals surface area contributed by atoms with E-state index in [4.69, 9.17) is 9.97 Å². The van der Waals surface area contributed by atoms with Gasteiger partial charge in [-0.3, -0.25) is 4.90 Å². The lowest BCUT2D eigenvalue weighted by Crippen LogP contribution is -2.32. The molecule has 0 aliphatic carbocycles. The monoisotopic (exact) mass is 403 g/mol. The Morgan fingerprint density at radius 3 is 2.76 bits per heavy atom. The number of likely N-dealkylation sites (N-methyl/N-ethyl adjacent to an activating group) is 2. The zero-order chi connectivity index (χ0) is 15.4. The number of hydrogen-bond donors (Lipinski definition) is 1. The normalized spacial score (nSPS) is 21.3. The van der Waals surface area contributed by atoms with E-state index in [0.29, 0.717) is 0 Å². The van der Waals surface area contributed by atoms with Gasteiger partial charge in [-0.15, -0.1) is 0 Å². The molecule has 0 bridgehead atoms. The molecular weight excluding hydrogens is 377 g/mol. The first-order valence-corrected chi connectivity index (χ1v) is 8.77. The highest BCUT2D eigenvalue weighted by atomic mass is 127. The van der Waals surface area contributed by atoms with Gasteiger partial charge in [0.25, 0.3) is 0 Å². The molecule has 1 atom stereocenters. The van der Waals surface area contributed by atoms with Crippen LogP contribution in [0.1, 0.15) is 37.3 Å². The van der Waals surface area contributed by atoms with Crippen LogP contribution in [-0.2, 0) is 0 Å². The lowest BCUT2D eigenvalue weighted by Gasteiger charge is -2.27. The maximum Gasteiger partial charge on any atom is 0.149 e. The van der Waals surface area contributed by atoms with Gasteiger partial charge in [0, 0.05) is 13.1 Å². The molecule has 1 aliphatic rings. The van der Waals surface area contributed by atoms with Crippen molar-refractivity contribution in [2.75, 3.05) is 45.6 Å². The number of rotatable bonds is 4. The van der Waals surface area contributed by atoms with Gasteiger partial charge in [0.2, 0.25) is 0 Å². The van der Waals surface area contributed by atoms with E-state index < -0.39 is 0 Å². The van der Waals surface area contributed by atoms with Crippen molar-refractivity contribution in [3.8, 4) is 0 Å². The third kappa shape index (κ3) is 4.26. The van der Waals surface area contributed by atoms with Crippen molar-refractivity contribution in [3.63, 3.8) is 0 Å². The van der Waals surface area contributed by atoms with E-state index >= 15 is 0 Å². The number of nitrogens with one attached hydrogen (secondary N) is 1. The Balaban J connectivity index is 2.30. The van der Waals surface area contributed by atoms with Crippen LogP contribution >= 0.6 is 22.6 Å². The van der Waals surface area contributed by atoms with Crippen molar-refractivity contribution in [2.45, 2.75) is 32.7 Å². The number of halogens is 1. The molecule has 1 aromatic rings. The molecule has 0 aromatic carbocycles. The Hall–Kier alpha value is -0.470. The topological polar surface area (TPSA) is 44.3 Å². The van der Waals surface area contributed by atoms with Crippen LogP contribution in [0.5, 0.6) is 0 Å². The predicted octanol–water partition coefficient (Wildman–Crippen LogP) is 2.52. The second kappa shape index (κ2) is 7.69. The number of aryl methyl sites for hydroxylation is 1. The van der Waals surface area contributed by atoms with E-state index in [1.54, 1.807) is 0 Å². The van der Waals surface area contributed by atoms with Crippen molar-refractivity contribution in [3.05, 3.63) is 15.1 Å². The molecule has 0 radical (unpaired) electrons. The molecule has 0 spiro atoms. The lowest BCUT2D eigenvalue weighted by molar-refractivity contribution is 0.219. The second-order valence-electron chi connectivity index (χ2n) is 5.87. The smallest absolute Gasteiger partial charge is 0.149 e. The Labute approximate surface area is 141 Å². The van der Waals surface area contributed by atoms with Crippen LogP contribution in [-0.4, -0.2) is 60.0 Å². The molecular formula is C15H26IN5. The molecule has 1 aromatic heterocycles. The fourth-order valence-electron chi connectivity index (χ4n) is 2.64. The molecule has 2 heterocycles. The van der Waals surface area contributed by atoms with Gasteiger partial charge in [0.15, 0.2) is 0 Å². The summed E-state index contributed by atoms with van der Waals surface area (Å²) < 4.78 is 1.13. The van der Waals surface area contributed by atoms with E-state index in [-0.39, 0.29) is 6.04 Å². The summed E-state index contributed by atoms with van der Waals surface area (Å²) in [6.07, 6.45) is 2.30. The first-order chi connectivity index (χ1) is 10.0. The van der Waals surface area contributed by atoms with Crippen LogP contribution in [0.3, 0.4) is 0 Å². The molecule has 1 fully saturated rings. The highest BCUT2D eigenvalue weighted by Crippen LogP contribution is 2.25. The fourth-order valence-corrected chi connectivity index (χ4v) is 3.07. The lowest BCUT2D eigenvalue weighted by atomic mass is 10.2. The number of aromatic nitrogens is 2. The summed E-state index contributed by atoms with van der Waals surface area (Å²) in [5.41, 5.74) is 1.07. The van der Waals surface area contributed by atoms with Gasteiger partial charge in [-0.1, -0.05) is 6.92 Å². The molecule has 2 rings (SSSR count). The Morgan fingerprint density at radius 2 is 2.05 bits per heavy atom. The van der Waals surface area contributed by atoms with Crippen molar-refractivity contribution < 1.29 is 0 Å². The zero-order valence-electron chi connectivity index (χ0n) is 13.5. The van der Waals surface area contributed by atoms with Crippen molar-refractivity contribution >= 4 is 28.4 Å². The molecule has 1 N–H and O–H groups in total. The van der Waals surface area contributed by atoms with Gasteiger partial charge in [0.1, 0.15) is 11.6 Å². The summed E-state index contributed by atoms with van der Waals surface area (Å²) in [7, 11) is 4.36. The third-order valence-corrected chi connectivity index (χ3v) is 5.23. The highest BCUT2D eigenvalue weighted by molar-refractivity contribution is 14.1.